The van der Waals surface area contributed by atoms with Gasteiger partial charge in [-0.2, -0.15) is 0 Å². The van der Waals surface area contributed by atoms with E-state index in [1.165, 1.54) is 0 Å². The highest BCUT2D eigenvalue weighted by Gasteiger charge is 2.44. The minimum atomic E-state index is -2.87. The summed E-state index contributed by atoms with van der Waals surface area (Å²) >= 11 is 0. The Balaban J connectivity index is 2.18. The Morgan fingerprint density at radius 1 is 1.38 bits per heavy atom. The number of carbonyl (C=O) groups is 1. The van der Waals surface area contributed by atoms with E-state index in [0.717, 1.165) is 13.0 Å². The van der Waals surface area contributed by atoms with Crippen LogP contribution in [0.3, 0.4) is 0 Å². The average Bonchev–Trinajstić information content (AvgIpc) is 2.51. The van der Waals surface area contributed by atoms with Crippen LogP contribution < -0.4 is 0 Å². The molecule has 0 radical (unpaired) electrons. The van der Waals surface area contributed by atoms with Crippen LogP contribution in [0.25, 0.3) is 0 Å². The predicted octanol–water partition coefficient (Wildman–Crippen LogP) is 0.617. The number of hydrogen-bond acceptors (Lipinski definition) is 4. The summed E-state index contributed by atoms with van der Waals surface area (Å²) in [5.74, 6) is 0.741. The number of Topliss-reactive ketones (excluding diaryl/α,β-unsaturated/α-hetero) is 1. The van der Waals surface area contributed by atoms with Gasteiger partial charge in [0, 0.05) is 12.5 Å². The molecule has 5 heteroatoms. The van der Waals surface area contributed by atoms with Crippen molar-refractivity contribution in [2.24, 2.45) is 0 Å². The van der Waals surface area contributed by atoms with Crippen LogP contribution in [0, 0.1) is 0 Å². The van der Waals surface area contributed by atoms with E-state index in [1.807, 2.05) is 13.8 Å². The van der Waals surface area contributed by atoms with E-state index in [1.54, 1.807) is 0 Å². The van der Waals surface area contributed by atoms with Crippen LogP contribution >= 0.6 is 0 Å². The lowest BCUT2D eigenvalue weighted by Crippen LogP contribution is -2.58. The van der Waals surface area contributed by atoms with Gasteiger partial charge in [0.15, 0.2) is 15.6 Å². The first-order chi connectivity index (χ1) is 7.33. The van der Waals surface area contributed by atoms with Crippen LogP contribution in [0.15, 0.2) is 0 Å². The molecule has 0 aromatic carbocycles. The summed E-state index contributed by atoms with van der Waals surface area (Å²) in [6, 6.07) is 0.0456. The van der Waals surface area contributed by atoms with Gasteiger partial charge < -0.3 is 0 Å². The summed E-state index contributed by atoms with van der Waals surface area (Å²) in [5, 5.41) is 0. The van der Waals surface area contributed by atoms with Gasteiger partial charge in [-0.05, 0) is 33.2 Å². The second-order valence-electron chi connectivity index (χ2n) is 5.34. The quantitative estimate of drug-likeness (QED) is 0.679. The smallest absolute Gasteiger partial charge is 0.152 e. The Kier molecular flexibility index (Phi) is 2.87. The number of ketones is 1. The molecule has 0 amide bonds. The molecule has 0 bridgehead atoms. The van der Waals surface area contributed by atoms with Crippen molar-refractivity contribution >= 4 is 15.6 Å². The van der Waals surface area contributed by atoms with Crippen molar-refractivity contribution in [3.8, 4) is 0 Å². The number of carbonyl (C=O) groups excluding carboxylic acids is 1. The molecule has 0 aliphatic carbocycles. The molecule has 16 heavy (non-hydrogen) atoms. The Bertz CT molecular complexity index is 399. The fraction of sp³-hybridized carbons (Fsp3) is 0.909. The Hall–Kier alpha value is -0.420. The standard InChI is InChI=1S/C11H19NO3S/c1-11(2)10(13)4-3-6-12(11)9-5-7-16(14,15)8-9/h9H,3-8H2,1-2H3. The molecule has 0 N–H and O–H groups in total. The van der Waals surface area contributed by atoms with Crippen LogP contribution in [0.2, 0.25) is 0 Å². The van der Waals surface area contributed by atoms with Gasteiger partial charge in [-0.25, -0.2) is 8.42 Å². The molecule has 1 unspecified atom stereocenters. The molecule has 2 fully saturated rings. The molecule has 0 aromatic rings. The van der Waals surface area contributed by atoms with Crippen molar-refractivity contribution in [3.63, 3.8) is 0 Å². The molecule has 0 spiro atoms. The van der Waals surface area contributed by atoms with Gasteiger partial charge in [-0.15, -0.1) is 0 Å². The predicted molar refractivity (Wildman–Crippen MR) is 62.1 cm³/mol. The first-order valence-electron chi connectivity index (χ1n) is 5.83. The topological polar surface area (TPSA) is 54.5 Å². The lowest BCUT2D eigenvalue weighted by Gasteiger charge is -2.44. The summed E-state index contributed by atoms with van der Waals surface area (Å²) in [7, 11) is -2.87. The van der Waals surface area contributed by atoms with E-state index < -0.39 is 15.4 Å². The Morgan fingerprint density at radius 3 is 2.62 bits per heavy atom. The van der Waals surface area contributed by atoms with Crippen molar-refractivity contribution in [1.29, 1.82) is 0 Å². The van der Waals surface area contributed by atoms with Crippen molar-refractivity contribution in [2.75, 3.05) is 18.1 Å². The zero-order chi connectivity index (χ0) is 12.0. The van der Waals surface area contributed by atoms with Crippen LogP contribution in [-0.2, 0) is 14.6 Å². The lowest BCUT2D eigenvalue weighted by atomic mass is 9.87. The SMILES string of the molecule is CC1(C)C(=O)CCCN1C1CCS(=O)(=O)C1. The van der Waals surface area contributed by atoms with E-state index >= 15 is 0 Å². The third kappa shape index (κ3) is 2.02. The maximum atomic E-state index is 11.9. The minimum absolute atomic E-state index is 0.0456. The first kappa shape index (κ1) is 12.0. The summed E-state index contributed by atoms with van der Waals surface area (Å²) in [5.41, 5.74) is -0.483. The maximum absolute atomic E-state index is 11.9. The number of piperidine rings is 1. The van der Waals surface area contributed by atoms with E-state index in [2.05, 4.69) is 4.90 Å². The molecule has 0 aromatic heterocycles. The molecular weight excluding hydrogens is 226 g/mol. The second kappa shape index (κ2) is 3.81. The summed E-state index contributed by atoms with van der Waals surface area (Å²) in [6.45, 7) is 4.68. The van der Waals surface area contributed by atoms with Gasteiger partial charge in [0.05, 0.1) is 17.0 Å². The average molecular weight is 245 g/mol. The lowest BCUT2D eigenvalue weighted by molar-refractivity contribution is -0.134. The minimum Gasteiger partial charge on any atom is -0.298 e. The van der Waals surface area contributed by atoms with Crippen LogP contribution in [0.4, 0.5) is 0 Å². The molecule has 2 heterocycles. The van der Waals surface area contributed by atoms with Gasteiger partial charge in [-0.3, -0.25) is 9.69 Å². The van der Waals surface area contributed by atoms with E-state index in [4.69, 9.17) is 0 Å². The molecular formula is C11H19NO3S. The fourth-order valence-corrected chi connectivity index (χ4v) is 4.55. The van der Waals surface area contributed by atoms with Crippen LogP contribution in [0.5, 0.6) is 0 Å². The molecule has 2 aliphatic rings. The van der Waals surface area contributed by atoms with Crippen molar-refractivity contribution in [1.82, 2.24) is 4.90 Å². The highest BCUT2D eigenvalue weighted by molar-refractivity contribution is 7.91. The first-order valence-corrected chi connectivity index (χ1v) is 7.65. The second-order valence-corrected chi connectivity index (χ2v) is 7.56. The van der Waals surface area contributed by atoms with Crippen molar-refractivity contribution in [3.05, 3.63) is 0 Å². The van der Waals surface area contributed by atoms with Gasteiger partial charge in [0.2, 0.25) is 0 Å². The summed E-state index contributed by atoms with van der Waals surface area (Å²) in [6.07, 6.45) is 2.17. The molecule has 0 saturated carbocycles. The normalized spacial score (nSPS) is 34.1. The Labute approximate surface area is 96.9 Å². The number of likely N-dealkylation sites (tertiary alicyclic amines) is 1. The van der Waals surface area contributed by atoms with Crippen molar-refractivity contribution < 1.29 is 13.2 Å². The molecule has 2 saturated heterocycles. The zero-order valence-corrected chi connectivity index (χ0v) is 10.7. The summed E-state index contributed by atoms with van der Waals surface area (Å²) in [4.78, 5) is 14.0. The molecule has 1 atom stereocenters. The molecule has 2 rings (SSSR count). The number of sulfone groups is 1. The molecule has 4 nitrogen and oxygen atoms in total. The fourth-order valence-electron chi connectivity index (χ4n) is 2.82. The third-order valence-electron chi connectivity index (χ3n) is 3.85. The monoisotopic (exact) mass is 245 g/mol. The zero-order valence-electron chi connectivity index (χ0n) is 9.90. The van der Waals surface area contributed by atoms with Crippen LogP contribution in [0.1, 0.15) is 33.1 Å². The van der Waals surface area contributed by atoms with E-state index in [-0.39, 0.29) is 23.3 Å². The molecule has 92 valence electrons. The van der Waals surface area contributed by atoms with Gasteiger partial charge in [0.1, 0.15) is 0 Å². The highest BCUT2D eigenvalue weighted by Crippen LogP contribution is 2.30. The van der Waals surface area contributed by atoms with Gasteiger partial charge in [0.25, 0.3) is 0 Å². The number of hydrogen-bond donors (Lipinski definition) is 0. The van der Waals surface area contributed by atoms with Crippen molar-refractivity contribution in [2.45, 2.75) is 44.7 Å². The third-order valence-corrected chi connectivity index (χ3v) is 5.60. The number of nitrogens with zero attached hydrogens (tertiary/aromatic N) is 1. The molecule has 2 aliphatic heterocycles. The van der Waals surface area contributed by atoms with Gasteiger partial charge in [-0.1, -0.05) is 0 Å². The highest BCUT2D eigenvalue weighted by atomic mass is 32.2. The number of rotatable bonds is 1. The largest absolute Gasteiger partial charge is 0.298 e. The van der Waals surface area contributed by atoms with E-state index in [0.29, 0.717) is 12.8 Å². The van der Waals surface area contributed by atoms with Gasteiger partial charge >= 0.3 is 0 Å². The van der Waals surface area contributed by atoms with Crippen LogP contribution in [-0.4, -0.2) is 48.7 Å². The van der Waals surface area contributed by atoms with E-state index in [9.17, 15) is 13.2 Å². The summed E-state index contributed by atoms with van der Waals surface area (Å²) < 4.78 is 22.9. The Morgan fingerprint density at radius 2 is 2.06 bits per heavy atom. The maximum Gasteiger partial charge on any atom is 0.152 e.